The van der Waals surface area contributed by atoms with Crippen molar-refractivity contribution in [1.29, 1.82) is 0 Å². The molecular formula is C5H10N6S. The van der Waals surface area contributed by atoms with Gasteiger partial charge in [-0.05, 0) is 12.2 Å². The molecule has 0 spiro atoms. The fraction of sp³-hybridized carbons (Fsp3) is 0.400. The number of hydrazine groups is 1. The van der Waals surface area contributed by atoms with Crippen LogP contribution in [0.4, 0.5) is 0 Å². The first-order chi connectivity index (χ1) is 5.74. The maximum Gasteiger partial charge on any atom is 0.180 e. The number of thiocarbonyl (C=S) groups is 1. The molecule has 1 rings (SSSR count). The molecule has 0 unspecified atom stereocenters. The van der Waals surface area contributed by atoms with Crippen molar-refractivity contribution in [3.63, 3.8) is 0 Å². The van der Waals surface area contributed by atoms with Crippen LogP contribution in [0.3, 0.4) is 0 Å². The Morgan fingerprint density at radius 3 is 3.08 bits per heavy atom. The number of nitrogens with zero attached hydrogens (tertiary/aromatic N) is 3. The summed E-state index contributed by atoms with van der Waals surface area (Å²) in [6.07, 6.45) is 1.62. The van der Waals surface area contributed by atoms with Gasteiger partial charge in [0.2, 0.25) is 0 Å². The third-order valence-corrected chi connectivity index (χ3v) is 1.61. The molecule has 1 heterocycles. The molecule has 0 aliphatic carbocycles. The van der Waals surface area contributed by atoms with Gasteiger partial charge in [0.15, 0.2) is 10.9 Å². The molecule has 0 saturated heterocycles. The number of hydrogen-bond acceptors (Lipinski definition) is 4. The van der Waals surface area contributed by atoms with Gasteiger partial charge in [-0.1, -0.05) is 0 Å². The van der Waals surface area contributed by atoms with Crippen molar-refractivity contribution in [2.75, 3.05) is 0 Å². The lowest BCUT2D eigenvalue weighted by Crippen LogP contribution is -2.39. The van der Waals surface area contributed by atoms with Gasteiger partial charge >= 0.3 is 0 Å². The SMILES string of the molecule is Cn1cnnc1CNC(=S)NN. The van der Waals surface area contributed by atoms with Gasteiger partial charge in [-0.2, -0.15) is 0 Å². The van der Waals surface area contributed by atoms with Gasteiger partial charge in [-0.25, -0.2) is 5.84 Å². The van der Waals surface area contributed by atoms with Crippen molar-refractivity contribution in [2.24, 2.45) is 12.9 Å². The minimum absolute atomic E-state index is 0.387. The van der Waals surface area contributed by atoms with Crippen molar-refractivity contribution in [3.8, 4) is 0 Å². The van der Waals surface area contributed by atoms with E-state index in [-0.39, 0.29) is 0 Å². The highest BCUT2D eigenvalue weighted by Gasteiger charge is 1.99. The molecule has 0 aliphatic heterocycles. The van der Waals surface area contributed by atoms with E-state index in [1.165, 1.54) is 0 Å². The Kier molecular flexibility index (Phi) is 2.94. The molecule has 7 heteroatoms. The smallest absolute Gasteiger partial charge is 0.180 e. The lowest BCUT2D eigenvalue weighted by Gasteiger charge is -2.04. The van der Waals surface area contributed by atoms with Crippen LogP contribution >= 0.6 is 12.2 Å². The Balaban J connectivity index is 2.43. The van der Waals surface area contributed by atoms with Crippen LogP contribution in [0, 0.1) is 0 Å². The van der Waals surface area contributed by atoms with Crippen molar-refractivity contribution in [3.05, 3.63) is 12.2 Å². The van der Waals surface area contributed by atoms with E-state index >= 15 is 0 Å². The summed E-state index contributed by atoms with van der Waals surface area (Å²) in [4.78, 5) is 0. The van der Waals surface area contributed by atoms with Gasteiger partial charge in [-0.15, -0.1) is 10.2 Å². The maximum atomic E-state index is 5.05. The topological polar surface area (TPSA) is 80.8 Å². The van der Waals surface area contributed by atoms with Gasteiger partial charge in [0.05, 0.1) is 6.54 Å². The summed E-state index contributed by atoms with van der Waals surface area (Å²) in [6.45, 7) is 0.513. The van der Waals surface area contributed by atoms with Gasteiger partial charge in [0.25, 0.3) is 0 Å². The molecule has 0 fully saturated rings. The number of nitrogens with two attached hydrogens (primary N) is 1. The Labute approximate surface area is 75.1 Å². The molecule has 0 aromatic carbocycles. The molecule has 0 radical (unpaired) electrons. The van der Waals surface area contributed by atoms with Crippen molar-refractivity contribution in [2.45, 2.75) is 6.54 Å². The second kappa shape index (κ2) is 3.98. The van der Waals surface area contributed by atoms with Crippen molar-refractivity contribution in [1.82, 2.24) is 25.5 Å². The number of aromatic nitrogens is 3. The highest BCUT2D eigenvalue weighted by atomic mass is 32.1. The van der Waals surface area contributed by atoms with E-state index in [1.807, 2.05) is 7.05 Å². The van der Waals surface area contributed by atoms with Crippen LogP contribution in [0.2, 0.25) is 0 Å². The zero-order chi connectivity index (χ0) is 8.97. The van der Waals surface area contributed by atoms with Crippen LogP contribution in [0.1, 0.15) is 5.82 Å². The summed E-state index contributed by atoms with van der Waals surface area (Å²) in [7, 11) is 1.86. The third-order valence-electron chi connectivity index (χ3n) is 1.34. The maximum absolute atomic E-state index is 5.05. The third kappa shape index (κ3) is 2.14. The molecule has 1 aromatic heterocycles. The molecular weight excluding hydrogens is 176 g/mol. The molecule has 0 bridgehead atoms. The predicted octanol–water partition coefficient (Wildman–Crippen LogP) is -1.35. The minimum Gasteiger partial charge on any atom is -0.354 e. The molecule has 0 amide bonds. The fourth-order valence-electron chi connectivity index (χ4n) is 0.678. The number of hydrogen-bond donors (Lipinski definition) is 3. The molecule has 0 aliphatic rings. The largest absolute Gasteiger partial charge is 0.354 e. The number of rotatable bonds is 2. The van der Waals surface area contributed by atoms with Crippen LogP contribution < -0.4 is 16.6 Å². The van der Waals surface area contributed by atoms with Crippen molar-refractivity contribution >= 4 is 17.3 Å². The Morgan fingerprint density at radius 1 is 1.83 bits per heavy atom. The zero-order valence-electron chi connectivity index (χ0n) is 6.61. The van der Waals surface area contributed by atoms with Gasteiger partial charge in [0.1, 0.15) is 6.33 Å². The fourth-order valence-corrected chi connectivity index (χ4v) is 0.750. The average Bonchev–Trinajstić information content (AvgIpc) is 2.47. The Hall–Kier alpha value is -1.21. The molecule has 12 heavy (non-hydrogen) atoms. The van der Waals surface area contributed by atoms with Crippen LogP contribution in [0.5, 0.6) is 0 Å². The Bertz CT molecular complexity index is 269. The molecule has 66 valence electrons. The monoisotopic (exact) mass is 186 g/mol. The van der Waals surface area contributed by atoms with Gasteiger partial charge in [-0.3, -0.25) is 0 Å². The predicted molar refractivity (Wildman–Crippen MR) is 47.8 cm³/mol. The molecule has 0 saturated carbocycles. The molecule has 4 N–H and O–H groups in total. The first-order valence-electron chi connectivity index (χ1n) is 3.31. The summed E-state index contributed by atoms with van der Waals surface area (Å²) < 4.78 is 1.80. The summed E-state index contributed by atoms with van der Waals surface area (Å²) >= 11 is 4.77. The quantitative estimate of drug-likeness (QED) is 0.301. The van der Waals surface area contributed by atoms with Gasteiger partial charge < -0.3 is 15.3 Å². The molecule has 6 nitrogen and oxygen atoms in total. The zero-order valence-corrected chi connectivity index (χ0v) is 7.43. The lowest BCUT2D eigenvalue weighted by atomic mass is 10.6. The second-order valence-corrected chi connectivity index (χ2v) is 2.59. The second-order valence-electron chi connectivity index (χ2n) is 2.19. The first kappa shape index (κ1) is 8.88. The Morgan fingerprint density at radius 2 is 2.58 bits per heavy atom. The van der Waals surface area contributed by atoms with Crippen LogP contribution in [-0.4, -0.2) is 19.9 Å². The van der Waals surface area contributed by atoms with Gasteiger partial charge in [0, 0.05) is 7.05 Å². The standard InChI is InChI=1S/C5H10N6S/c1-11-3-8-10-4(11)2-7-5(12)9-6/h3H,2,6H2,1H3,(H2,7,9,12). The first-order valence-corrected chi connectivity index (χ1v) is 3.72. The molecule has 0 atom stereocenters. The lowest BCUT2D eigenvalue weighted by molar-refractivity contribution is 0.740. The minimum atomic E-state index is 0.387. The highest BCUT2D eigenvalue weighted by Crippen LogP contribution is 1.88. The number of aryl methyl sites for hydroxylation is 1. The van der Waals surface area contributed by atoms with E-state index in [2.05, 4.69) is 20.9 Å². The number of nitrogens with one attached hydrogen (secondary N) is 2. The summed E-state index contributed by atoms with van der Waals surface area (Å²) in [5.74, 6) is 5.85. The average molecular weight is 186 g/mol. The normalized spacial score (nSPS) is 9.50. The summed E-state index contributed by atoms with van der Waals surface area (Å²) in [5, 5.41) is 10.8. The van der Waals surface area contributed by atoms with E-state index in [0.29, 0.717) is 11.7 Å². The summed E-state index contributed by atoms with van der Waals surface area (Å²) in [6, 6.07) is 0. The van der Waals surface area contributed by atoms with E-state index in [1.54, 1.807) is 10.9 Å². The van der Waals surface area contributed by atoms with Crippen LogP contribution in [0.25, 0.3) is 0 Å². The van der Waals surface area contributed by atoms with E-state index < -0.39 is 0 Å². The molecule has 1 aromatic rings. The van der Waals surface area contributed by atoms with Crippen LogP contribution in [-0.2, 0) is 13.6 Å². The highest BCUT2D eigenvalue weighted by molar-refractivity contribution is 7.80. The van der Waals surface area contributed by atoms with E-state index in [0.717, 1.165) is 5.82 Å². The van der Waals surface area contributed by atoms with Crippen molar-refractivity contribution < 1.29 is 0 Å². The van der Waals surface area contributed by atoms with Crippen LogP contribution in [0.15, 0.2) is 6.33 Å². The van der Waals surface area contributed by atoms with E-state index in [4.69, 9.17) is 18.1 Å². The van der Waals surface area contributed by atoms with E-state index in [9.17, 15) is 0 Å². The summed E-state index contributed by atoms with van der Waals surface area (Å²) in [5.41, 5.74) is 2.31.